The van der Waals surface area contributed by atoms with Crippen molar-refractivity contribution in [2.24, 2.45) is 0 Å². The van der Waals surface area contributed by atoms with Gasteiger partial charge in [-0.3, -0.25) is 14.7 Å². The summed E-state index contributed by atoms with van der Waals surface area (Å²) in [6.07, 6.45) is 2.23. The molecule has 1 aliphatic heterocycles. The zero-order chi connectivity index (χ0) is 17.2. The first-order valence-corrected chi connectivity index (χ1v) is 9.02. The Hall–Kier alpha value is -1.47. The van der Waals surface area contributed by atoms with Crippen LogP contribution in [0.15, 0.2) is 24.3 Å². The van der Waals surface area contributed by atoms with Gasteiger partial charge in [-0.15, -0.1) is 24.8 Å². The lowest BCUT2D eigenvalue weighted by molar-refractivity contribution is 0.0948. The van der Waals surface area contributed by atoms with Gasteiger partial charge < -0.3 is 10.6 Å². The number of nitrogens with zero attached hydrogens (tertiary/aromatic N) is 2. The van der Waals surface area contributed by atoms with Gasteiger partial charge in [0.15, 0.2) is 0 Å². The summed E-state index contributed by atoms with van der Waals surface area (Å²) in [5, 5.41) is 6.90. The summed E-state index contributed by atoms with van der Waals surface area (Å²) in [4.78, 5) is 19.7. The number of fused-ring (bicyclic) bond motifs is 1. The zero-order valence-electron chi connectivity index (χ0n) is 15.0. The van der Waals surface area contributed by atoms with E-state index in [0.29, 0.717) is 28.9 Å². The number of pyridine rings is 1. The molecule has 148 valence electrons. The molecule has 2 aliphatic rings. The second-order valence-corrected chi connectivity index (χ2v) is 6.88. The van der Waals surface area contributed by atoms with Crippen LogP contribution >= 0.6 is 24.8 Å². The highest BCUT2D eigenvalue weighted by Gasteiger charge is 2.27. The molecule has 0 radical (unpaired) electrons. The van der Waals surface area contributed by atoms with Crippen LogP contribution in [0.25, 0.3) is 10.9 Å². The van der Waals surface area contributed by atoms with Crippen LogP contribution in [0.5, 0.6) is 0 Å². The first-order valence-electron chi connectivity index (χ1n) is 9.02. The number of hydrogen-bond acceptors (Lipinski definition) is 4. The van der Waals surface area contributed by atoms with Crippen molar-refractivity contribution < 1.29 is 9.18 Å². The van der Waals surface area contributed by atoms with Crippen LogP contribution in [0.1, 0.15) is 34.8 Å². The van der Waals surface area contributed by atoms with Gasteiger partial charge in [0.1, 0.15) is 5.82 Å². The largest absolute Gasteiger partial charge is 0.351 e. The Morgan fingerprint density at radius 2 is 1.96 bits per heavy atom. The van der Waals surface area contributed by atoms with E-state index in [9.17, 15) is 9.18 Å². The van der Waals surface area contributed by atoms with Crippen molar-refractivity contribution >= 4 is 41.6 Å². The molecule has 0 spiro atoms. The van der Waals surface area contributed by atoms with Gasteiger partial charge in [-0.2, -0.15) is 0 Å². The molecule has 0 atom stereocenters. The number of piperazine rings is 1. The summed E-state index contributed by atoms with van der Waals surface area (Å²) in [5.74, 6) is -0.0415. The smallest absolute Gasteiger partial charge is 0.252 e. The third-order valence-corrected chi connectivity index (χ3v) is 4.95. The molecular weight excluding hydrogens is 390 g/mol. The molecular formula is C19H25Cl2FN4O. The molecule has 2 aromatic rings. The predicted molar refractivity (Wildman–Crippen MR) is 110 cm³/mol. The number of nitrogens with one attached hydrogen (secondary N) is 2. The number of benzene rings is 1. The van der Waals surface area contributed by atoms with Gasteiger partial charge in [0, 0.05) is 56.3 Å². The molecule has 2 heterocycles. The van der Waals surface area contributed by atoms with E-state index >= 15 is 0 Å². The lowest BCUT2D eigenvalue weighted by Gasteiger charge is -2.27. The number of rotatable bonds is 5. The van der Waals surface area contributed by atoms with Crippen LogP contribution in [-0.2, 0) is 0 Å². The number of hydrogen-bond donors (Lipinski definition) is 2. The van der Waals surface area contributed by atoms with Gasteiger partial charge >= 0.3 is 0 Å². The summed E-state index contributed by atoms with van der Waals surface area (Å²) < 4.78 is 13.7. The second-order valence-electron chi connectivity index (χ2n) is 6.88. The van der Waals surface area contributed by atoms with E-state index in [2.05, 4.69) is 20.5 Å². The first-order chi connectivity index (χ1) is 12.2. The quantitative estimate of drug-likeness (QED) is 0.789. The molecule has 2 N–H and O–H groups in total. The van der Waals surface area contributed by atoms with Crippen LogP contribution in [-0.4, -0.2) is 55.1 Å². The summed E-state index contributed by atoms with van der Waals surface area (Å²) >= 11 is 0. The van der Waals surface area contributed by atoms with Crippen LogP contribution < -0.4 is 10.6 Å². The Labute approximate surface area is 170 Å². The van der Waals surface area contributed by atoms with Gasteiger partial charge in [-0.05, 0) is 37.1 Å². The Morgan fingerprint density at radius 1 is 1.22 bits per heavy atom. The third kappa shape index (κ3) is 5.29. The number of aromatic nitrogens is 1. The molecule has 1 aromatic carbocycles. The fourth-order valence-corrected chi connectivity index (χ4v) is 3.35. The van der Waals surface area contributed by atoms with Crippen LogP contribution in [0.3, 0.4) is 0 Å². The van der Waals surface area contributed by atoms with Gasteiger partial charge in [-0.25, -0.2) is 4.39 Å². The van der Waals surface area contributed by atoms with Crippen molar-refractivity contribution in [2.75, 3.05) is 39.3 Å². The molecule has 27 heavy (non-hydrogen) atoms. The third-order valence-electron chi connectivity index (χ3n) is 4.95. The minimum absolute atomic E-state index is 0. The maximum atomic E-state index is 13.7. The SMILES string of the molecule is Cl.Cl.O=C(NCCN1CCNCC1)c1cc(C2CC2)nc2ccc(F)cc12. The molecule has 1 aliphatic carbocycles. The molecule has 8 heteroatoms. The van der Waals surface area contributed by atoms with Crippen molar-refractivity contribution in [3.63, 3.8) is 0 Å². The van der Waals surface area contributed by atoms with Gasteiger partial charge in [0.25, 0.3) is 5.91 Å². The fourth-order valence-electron chi connectivity index (χ4n) is 3.35. The standard InChI is InChI=1S/C19H23FN4O.2ClH/c20-14-3-4-17-15(11-14)16(12-18(23-17)13-1-2-13)19(25)22-7-10-24-8-5-21-6-9-24;;/h3-4,11-13,21H,1-2,5-10H2,(H,22,25);2*1H. The molecule has 0 unspecified atom stereocenters. The van der Waals surface area contributed by atoms with Crippen LogP contribution in [0.4, 0.5) is 4.39 Å². The van der Waals surface area contributed by atoms with Crippen LogP contribution in [0.2, 0.25) is 0 Å². The molecule has 1 saturated heterocycles. The van der Waals surface area contributed by atoms with Crippen LogP contribution in [0, 0.1) is 5.82 Å². The first kappa shape index (κ1) is 21.8. The van der Waals surface area contributed by atoms with E-state index in [1.807, 2.05) is 6.07 Å². The lowest BCUT2D eigenvalue weighted by atomic mass is 10.1. The highest BCUT2D eigenvalue weighted by atomic mass is 35.5. The number of carbonyl (C=O) groups excluding carboxylic acids is 1. The maximum Gasteiger partial charge on any atom is 0.252 e. The van der Waals surface area contributed by atoms with E-state index in [0.717, 1.165) is 51.3 Å². The van der Waals surface area contributed by atoms with E-state index in [-0.39, 0.29) is 36.5 Å². The van der Waals surface area contributed by atoms with Gasteiger partial charge in [0.05, 0.1) is 11.1 Å². The van der Waals surface area contributed by atoms with Crippen molar-refractivity contribution in [1.82, 2.24) is 20.5 Å². The van der Waals surface area contributed by atoms with E-state index in [1.54, 1.807) is 6.07 Å². The van der Waals surface area contributed by atoms with Gasteiger partial charge in [0.2, 0.25) is 0 Å². The van der Waals surface area contributed by atoms with E-state index in [4.69, 9.17) is 0 Å². The topological polar surface area (TPSA) is 57.3 Å². The van der Waals surface area contributed by atoms with Crippen molar-refractivity contribution in [1.29, 1.82) is 0 Å². The highest BCUT2D eigenvalue weighted by Crippen LogP contribution is 2.40. The summed E-state index contributed by atoms with van der Waals surface area (Å²) in [7, 11) is 0. The number of halogens is 3. The van der Waals surface area contributed by atoms with Crippen molar-refractivity contribution in [3.05, 3.63) is 41.3 Å². The van der Waals surface area contributed by atoms with E-state index < -0.39 is 0 Å². The monoisotopic (exact) mass is 414 g/mol. The zero-order valence-corrected chi connectivity index (χ0v) is 16.7. The average molecular weight is 415 g/mol. The minimum atomic E-state index is -0.344. The molecule has 5 nitrogen and oxygen atoms in total. The molecule has 0 bridgehead atoms. The second kappa shape index (κ2) is 9.64. The Kier molecular flexibility index (Phi) is 7.79. The highest BCUT2D eigenvalue weighted by molar-refractivity contribution is 6.06. The Morgan fingerprint density at radius 3 is 2.67 bits per heavy atom. The van der Waals surface area contributed by atoms with E-state index in [1.165, 1.54) is 12.1 Å². The van der Waals surface area contributed by atoms with Crippen molar-refractivity contribution in [2.45, 2.75) is 18.8 Å². The normalized spacial score (nSPS) is 17.1. The number of carbonyl (C=O) groups is 1. The molecule has 4 rings (SSSR count). The number of amides is 1. The maximum absolute atomic E-state index is 13.7. The lowest BCUT2D eigenvalue weighted by Crippen LogP contribution is -2.46. The fraction of sp³-hybridized carbons (Fsp3) is 0.474. The molecule has 1 amide bonds. The van der Waals surface area contributed by atoms with Crippen molar-refractivity contribution in [3.8, 4) is 0 Å². The summed E-state index contributed by atoms with van der Waals surface area (Å²) in [5.41, 5.74) is 2.18. The Bertz CT molecular complexity index is 795. The minimum Gasteiger partial charge on any atom is -0.351 e. The Balaban J connectivity index is 0.00000131. The van der Waals surface area contributed by atoms with Gasteiger partial charge in [-0.1, -0.05) is 0 Å². The summed E-state index contributed by atoms with van der Waals surface area (Å²) in [6.45, 7) is 5.42. The molecule has 2 fully saturated rings. The molecule has 1 aromatic heterocycles. The predicted octanol–water partition coefficient (Wildman–Crippen LogP) is 2.73. The average Bonchev–Trinajstić information content (AvgIpc) is 3.47. The molecule has 1 saturated carbocycles. The summed E-state index contributed by atoms with van der Waals surface area (Å²) in [6, 6.07) is 6.32.